The van der Waals surface area contributed by atoms with Gasteiger partial charge in [0.05, 0.1) is 17.4 Å². The third-order valence-electron chi connectivity index (χ3n) is 7.46. The van der Waals surface area contributed by atoms with Crippen LogP contribution < -0.4 is 10.3 Å². The van der Waals surface area contributed by atoms with Gasteiger partial charge >= 0.3 is 0 Å². The second-order valence-corrected chi connectivity index (χ2v) is 10.6. The van der Waals surface area contributed by atoms with Crippen molar-refractivity contribution in [2.24, 2.45) is 0 Å². The van der Waals surface area contributed by atoms with E-state index in [2.05, 4.69) is 68.6 Å². The summed E-state index contributed by atoms with van der Waals surface area (Å²) in [6, 6.07) is 17.1. The summed E-state index contributed by atoms with van der Waals surface area (Å²) < 4.78 is 2.24. The zero-order valence-corrected chi connectivity index (χ0v) is 22.4. The van der Waals surface area contributed by atoms with Crippen molar-refractivity contribution in [2.45, 2.75) is 65.7 Å². The first kappa shape index (κ1) is 25.2. The van der Waals surface area contributed by atoms with Gasteiger partial charge < -0.3 is 9.47 Å². The number of hydrogen-bond donors (Lipinski definition) is 0. The molecule has 0 amide bonds. The van der Waals surface area contributed by atoms with Crippen LogP contribution in [-0.2, 0) is 13.1 Å². The summed E-state index contributed by atoms with van der Waals surface area (Å²) in [5.41, 5.74) is 6.44. The van der Waals surface area contributed by atoms with Crippen molar-refractivity contribution >= 4 is 16.6 Å². The lowest BCUT2D eigenvalue weighted by Crippen LogP contribution is -2.48. The van der Waals surface area contributed by atoms with E-state index in [0.29, 0.717) is 12.6 Å². The van der Waals surface area contributed by atoms with Gasteiger partial charge in [0, 0.05) is 73.0 Å². The molecule has 4 aromatic rings. The first-order chi connectivity index (χ1) is 17.9. The number of piperidine rings is 1. The van der Waals surface area contributed by atoms with Crippen molar-refractivity contribution in [3.8, 4) is 0 Å². The maximum Gasteiger partial charge on any atom is 0.193 e. The largest absolute Gasteiger partial charge is 0.369 e. The lowest BCUT2D eigenvalue weighted by atomic mass is 10.0. The minimum absolute atomic E-state index is 0.138. The van der Waals surface area contributed by atoms with Gasteiger partial charge in [-0.25, -0.2) is 0 Å². The highest BCUT2D eigenvalue weighted by molar-refractivity contribution is 5.79. The molecule has 3 aromatic heterocycles. The molecule has 0 N–H and O–H groups in total. The van der Waals surface area contributed by atoms with E-state index < -0.39 is 0 Å². The van der Waals surface area contributed by atoms with Gasteiger partial charge in [-0.05, 0) is 82.5 Å². The molecule has 0 spiro atoms. The fourth-order valence-corrected chi connectivity index (χ4v) is 5.50. The van der Waals surface area contributed by atoms with Gasteiger partial charge in [-0.1, -0.05) is 12.1 Å². The predicted octanol–water partition coefficient (Wildman–Crippen LogP) is 5.66. The molecule has 0 aliphatic carbocycles. The Morgan fingerprint density at radius 1 is 1.03 bits per heavy atom. The molecule has 5 rings (SSSR count). The lowest BCUT2D eigenvalue weighted by molar-refractivity contribution is 0.158. The average molecular weight is 496 g/mol. The molecule has 0 saturated carbocycles. The van der Waals surface area contributed by atoms with Crippen LogP contribution in [0.25, 0.3) is 10.9 Å². The van der Waals surface area contributed by atoms with Gasteiger partial charge in [-0.3, -0.25) is 19.7 Å². The molecule has 0 bridgehead atoms. The van der Waals surface area contributed by atoms with Crippen LogP contribution in [0, 0.1) is 13.8 Å². The quantitative estimate of drug-likeness (QED) is 0.331. The molecule has 1 atom stereocenters. The van der Waals surface area contributed by atoms with E-state index in [0.717, 1.165) is 60.3 Å². The molecule has 1 aliphatic rings. The number of aryl methyl sites for hydroxylation is 2. The molecule has 192 valence electrons. The topological polar surface area (TPSA) is 54.3 Å². The summed E-state index contributed by atoms with van der Waals surface area (Å²) in [7, 11) is 0. The predicted molar refractivity (Wildman–Crippen MR) is 151 cm³/mol. The lowest BCUT2D eigenvalue weighted by Gasteiger charge is -2.40. The second-order valence-electron chi connectivity index (χ2n) is 10.6. The van der Waals surface area contributed by atoms with Crippen LogP contribution in [0.3, 0.4) is 0 Å². The van der Waals surface area contributed by atoms with Crippen LogP contribution in [0.15, 0.2) is 71.9 Å². The van der Waals surface area contributed by atoms with E-state index in [1.165, 1.54) is 11.3 Å². The van der Waals surface area contributed by atoms with E-state index in [-0.39, 0.29) is 11.5 Å². The Hall–Kier alpha value is -3.51. The molecule has 0 radical (unpaired) electrons. The van der Waals surface area contributed by atoms with Crippen molar-refractivity contribution in [1.82, 2.24) is 19.4 Å². The molecule has 6 heteroatoms. The molecule has 0 unspecified atom stereocenters. The third kappa shape index (κ3) is 5.59. The van der Waals surface area contributed by atoms with Crippen molar-refractivity contribution < 1.29 is 0 Å². The molecule has 37 heavy (non-hydrogen) atoms. The molecule has 4 heterocycles. The number of benzene rings is 1. The second kappa shape index (κ2) is 10.9. The average Bonchev–Trinajstić information content (AvgIpc) is 2.90. The van der Waals surface area contributed by atoms with Gasteiger partial charge in [0.15, 0.2) is 5.43 Å². The highest BCUT2D eigenvalue weighted by Crippen LogP contribution is 2.25. The minimum atomic E-state index is 0.138. The Kier molecular flexibility index (Phi) is 7.38. The SMILES string of the molecule is Cc1ccc(N2CCC[C@H](N(Cc3ccnc(C)c3)Cc3cn(C(C)C)c4ccccc4c3=O)C2)cn1. The van der Waals surface area contributed by atoms with E-state index in [1.54, 1.807) is 0 Å². The first-order valence-corrected chi connectivity index (χ1v) is 13.3. The summed E-state index contributed by atoms with van der Waals surface area (Å²) in [4.78, 5) is 27.5. The molecule has 1 aliphatic heterocycles. The number of aromatic nitrogens is 3. The number of fused-ring (bicyclic) bond motifs is 1. The normalized spacial score (nSPS) is 16.2. The maximum absolute atomic E-state index is 13.7. The van der Waals surface area contributed by atoms with Gasteiger partial charge in [-0.15, -0.1) is 0 Å². The van der Waals surface area contributed by atoms with Crippen molar-refractivity contribution in [3.05, 3.63) is 99.9 Å². The molecule has 1 aromatic carbocycles. The standard InChI is InChI=1S/C31H37N5O/c1-22(2)36-20-26(31(37)29-9-5-6-10-30(29)36)19-35(18-25-13-14-32-24(4)16-25)28-8-7-15-34(21-28)27-12-11-23(3)33-17-27/h5-6,9-14,16-17,20,22,28H,7-8,15,18-19,21H2,1-4H3/t28-/m0/s1. The van der Waals surface area contributed by atoms with Crippen molar-refractivity contribution in [1.29, 1.82) is 0 Å². The van der Waals surface area contributed by atoms with Crippen LogP contribution in [0.2, 0.25) is 0 Å². The summed E-state index contributed by atoms with van der Waals surface area (Å²) in [6.45, 7) is 11.7. The highest BCUT2D eigenvalue weighted by Gasteiger charge is 2.27. The monoisotopic (exact) mass is 495 g/mol. The van der Waals surface area contributed by atoms with Crippen molar-refractivity contribution in [3.63, 3.8) is 0 Å². The van der Waals surface area contributed by atoms with Crippen LogP contribution in [-0.4, -0.2) is 38.6 Å². The Morgan fingerprint density at radius 3 is 2.62 bits per heavy atom. The summed E-state index contributed by atoms with van der Waals surface area (Å²) in [6.07, 6.45) is 8.17. The van der Waals surface area contributed by atoms with E-state index >= 15 is 0 Å². The van der Waals surface area contributed by atoms with Gasteiger partial charge in [0.25, 0.3) is 0 Å². The van der Waals surface area contributed by atoms with Crippen LogP contribution in [0.4, 0.5) is 5.69 Å². The van der Waals surface area contributed by atoms with Gasteiger partial charge in [0.1, 0.15) is 0 Å². The van der Waals surface area contributed by atoms with E-state index in [4.69, 9.17) is 0 Å². The number of rotatable bonds is 7. The molecule has 1 fully saturated rings. The number of para-hydroxylation sites is 1. The van der Waals surface area contributed by atoms with Gasteiger partial charge in [-0.2, -0.15) is 0 Å². The Morgan fingerprint density at radius 2 is 1.86 bits per heavy atom. The fraction of sp³-hybridized carbons (Fsp3) is 0.387. The zero-order chi connectivity index (χ0) is 25.9. The van der Waals surface area contributed by atoms with E-state index in [1.807, 2.05) is 50.5 Å². The summed E-state index contributed by atoms with van der Waals surface area (Å²) in [5, 5.41) is 0.796. The molecule has 1 saturated heterocycles. The van der Waals surface area contributed by atoms with Gasteiger partial charge in [0.2, 0.25) is 0 Å². The van der Waals surface area contributed by atoms with Crippen LogP contribution in [0.1, 0.15) is 55.2 Å². The maximum atomic E-state index is 13.7. The van der Waals surface area contributed by atoms with E-state index in [9.17, 15) is 4.79 Å². The molecular weight excluding hydrogens is 458 g/mol. The highest BCUT2D eigenvalue weighted by atomic mass is 16.1. The van der Waals surface area contributed by atoms with Crippen LogP contribution in [0.5, 0.6) is 0 Å². The smallest absolute Gasteiger partial charge is 0.193 e. The zero-order valence-electron chi connectivity index (χ0n) is 22.4. The first-order valence-electron chi connectivity index (χ1n) is 13.3. The number of pyridine rings is 3. The Bertz CT molecular complexity index is 1430. The Labute approximate surface area is 219 Å². The fourth-order valence-electron chi connectivity index (χ4n) is 5.50. The van der Waals surface area contributed by atoms with Crippen molar-refractivity contribution in [2.75, 3.05) is 18.0 Å². The molecule has 6 nitrogen and oxygen atoms in total. The minimum Gasteiger partial charge on any atom is -0.369 e. The number of hydrogen-bond acceptors (Lipinski definition) is 5. The number of anilines is 1. The summed E-state index contributed by atoms with van der Waals surface area (Å²) >= 11 is 0. The molecular formula is C31H37N5O. The Balaban J connectivity index is 1.50. The number of nitrogens with zero attached hydrogens (tertiary/aromatic N) is 5. The van der Waals surface area contributed by atoms with Crippen LogP contribution >= 0.6 is 0 Å². The summed E-state index contributed by atoms with van der Waals surface area (Å²) in [5.74, 6) is 0. The third-order valence-corrected chi connectivity index (χ3v) is 7.46.